The van der Waals surface area contributed by atoms with Crippen LogP contribution in [0.5, 0.6) is 5.75 Å². The zero-order valence-corrected chi connectivity index (χ0v) is 12.9. The first-order chi connectivity index (χ1) is 11.0. The fourth-order valence-corrected chi connectivity index (χ4v) is 2.04. The average Bonchev–Trinajstić information content (AvgIpc) is 2.53. The molecule has 0 aliphatic rings. The smallest absolute Gasteiger partial charge is 0.340 e. The fraction of sp³-hybridized carbons (Fsp3) is 0.125. The van der Waals surface area contributed by atoms with Crippen LogP contribution < -0.4 is 10.1 Å². The molecule has 7 heteroatoms. The molecule has 0 saturated heterocycles. The van der Waals surface area contributed by atoms with Crippen LogP contribution in [0.1, 0.15) is 10.4 Å². The van der Waals surface area contributed by atoms with E-state index in [0.29, 0.717) is 11.4 Å². The normalized spacial score (nSPS) is 10.0. The maximum atomic E-state index is 12.9. The first-order valence-corrected chi connectivity index (χ1v) is 6.94. The zero-order valence-electron chi connectivity index (χ0n) is 12.1. The number of methoxy groups -OCH3 is 1. The molecule has 0 heterocycles. The topological polar surface area (TPSA) is 64.6 Å². The second-order valence-corrected chi connectivity index (χ2v) is 4.86. The Morgan fingerprint density at radius 3 is 2.65 bits per heavy atom. The van der Waals surface area contributed by atoms with Crippen molar-refractivity contribution in [3.63, 3.8) is 0 Å². The molecule has 1 amide bonds. The molecule has 0 radical (unpaired) electrons. The first-order valence-electron chi connectivity index (χ1n) is 6.56. The van der Waals surface area contributed by atoms with E-state index in [2.05, 4.69) is 5.32 Å². The van der Waals surface area contributed by atoms with Crippen LogP contribution in [0.25, 0.3) is 0 Å². The molecule has 0 saturated carbocycles. The van der Waals surface area contributed by atoms with Gasteiger partial charge in [-0.2, -0.15) is 0 Å². The molecule has 2 rings (SSSR count). The Bertz CT molecular complexity index is 736. The van der Waals surface area contributed by atoms with Crippen LogP contribution in [-0.4, -0.2) is 25.6 Å². The number of halogens is 2. The maximum Gasteiger partial charge on any atom is 0.340 e. The third-order valence-corrected chi connectivity index (χ3v) is 3.18. The van der Waals surface area contributed by atoms with Crippen LogP contribution in [-0.2, 0) is 9.53 Å². The summed E-state index contributed by atoms with van der Waals surface area (Å²) in [5, 5.41) is 2.47. The van der Waals surface area contributed by atoms with E-state index in [0.717, 1.165) is 12.1 Å². The van der Waals surface area contributed by atoms with Crippen molar-refractivity contribution >= 4 is 29.2 Å². The van der Waals surface area contributed by atoms with E-state index < -0.39 is 24.3 Å². The van der Waals surface area contributed by atoms with Crippen LogP contribution in [0.3, 0.4) is 0 Å². The Morgan fingerprint density at radius 2 is 1.96 bits per heavy atom. The van der Waals surface area contributed by atoms with Crippen molar-refractivity contribution < 1.29 is 23.5 Å². The zero-order chi connectivity index (χ0) is 16.8. The van der Waals surface area contributed by atoms with Crippen molar-refractivity contribution in [2.24, 2.45) is 0 Å². The number of hydrogen-bond acceptors (Lipinski definition) is 4. The first kappa shape index (κ1) is 16.8. The number of anilines is 1. The molecule has 2 aromatic rings. The van der Waals surface area contributed by atoms with Crippen molar-refractivity contribution in [1.82, 2.24) is 0 Å². The van der Waals surface area contributed by atoms with Crippen LogP contribution >= 0.6 is 11.6 Å². The van der Waals surface area contributed by atoms with Gasteiger partial charge >= 0.3 is 5.97 Å². The highest BCUT2D eigenvalue weighted by Crippen LogP contribution is 2.23. The number of rotatable bonds is 5. The summed E-state index contributed by atoms with van der Waals surface area (Å²) < 4.78 is 22.9. The number of esters is 1. The fourth-order valence-electron chi connectivity index (χ4n) is 1.80. The molecule has 0 spiro atoms. The number of carbonyl (C=O) groups is 2. The predicted molar refractivity (Wildman–Crippen MR) is 83.3 cm³/mol. The number of benzene rings is 2. The molecule has 0 fully saturated rings. The molecule has 0 aliphatic heterocycles. The third kappa shape index (κ3) is 4.43. The summed E-state index contributed by atoms with van der Waals surface area (Å²) in [7, 11) is 1.47. The van der Waals surface area contributed by atoms with Gasteiger partial charge in [0.25, 0.3) is 5.91 Å². The number of hydrogen-bond donors (Lipinski definition) is 1. The standard InChI is InChI=1S/C16H13ClFNO4/c1-22-14-5-3-2-4-13(14)19-15(20)9-23-16(21)11-7-6-10(18)8-12(11)17/h2-8H,9H2,1H3,(H,19,20). The Hall–Kier alpha value is -2.60. The molecule has 5 nitrogen and oxygen atoms in total. The molecule has 0 unspecified atom stereocenters. The van der Waals surface area contributed by atoms with Gasteiger partial charge in [0.15, 0.2) is 6.61 Å². The summed E-state index contributed by atoms with van der Waals surface area (Å²) in [6.45, 7) is -0.509. The maximum absolute atomic E-state index is 12.9. The molecule has 23 heavy (non-hydrogen) atoms. The summed E-state index contributed by atoms with van der Waals surface area (Å²) >= 11 is 5.75. The van der Waals surface area contributed by atoms with Crippen LogP contribution in [0.15, 0.2) is 42.5 Å². The lowest BCUT2D eigenvalue weighted by Gasteiger charge is -2.10. The Labute approximate surface area is 137 Å². The SMILES string of the molecule is COc1ccccc1NC(=O)COC(=O)c1ccc(F)cc1Cl. The van der Waals surface area contributed by atoms with Gasteiger partial charge in [-0.15, -0.1) is 0 Å². The highest BCUT2D eigenvalue weighted by molar-refractivity contribution is 6.33. The second kappa shape index (κ2) is 7.60. The van der Waals surface area contributed by atoms with Gasteiger partial charge in [-0.1, -0.05) is 23.7 Å². The van der Waals surface area contributed by atoms with E-state index in [9.17, 15) is 14.0 Å². The molecule has 1 N–H and O–H groups in total. The van der Waals surface area contributed by atoms with Gasteiger partial charge in [0.1, 0.15) is 11.6 Å². The minimum atomic E-state index is -0.815. The average molecular weight is 338 g/mol. The lowest BCUT2D eigenvalue weighted by atomic mass is 10.2. The number of amides is 1. The van der Waals surface area contributed by atoms with Gasteiger partial charge in [0.05, 0.1) is 23.4 Å². The van der Waals surface area contributed by atoms with Crippen molar-refractivity contribution in [1.29, 1.82) is 0 Å². The van der Waals surface area contributed by atoms with E-state index in [1.807, 2.05) is 0 Å². The number of para-hydroxylation sites is 2. The van der Waals surface area contributed by atoms with E-state index in [-0.39, 0.29) is 10.6 Å². The van der Waals surface area contributed by atoms with Crippen molar-refractivity contribution in [2.75, 3.05) is 19.0 Å². The molecular weight excluding hydrogens is 325 g/mol. The summed E-state index contributed by atoms with van der Waals surface area (Å²) in [6, 6.07) is 10.1. The van der Waals surface area contributed by atoms with Crippen molar-refractivity contribution in [3.05, 3.63) is 58.9 Å². The molecule has 120 valence electrons. The minimum absolute atomic E-state index is 0.0156. The third-order valence-electron chi connectivity index (χ3n) is 2.87. The number of ether oxygens (including phenoxy) is 2. The van der Waals surface area contributed by atoms with Crippen LogP contribution in [0.2, 0.25) is 5.02 Å². The summed E-state index contributed by atoms with van der Waals surface area (Å²) in [5.41, 5.74) is 0.439. The Kier molecular flexibility index (Phi) is 5.54. The van der Waals surface area contributed by atoms with E-state index in [1.165, 1.54) is 13.2 Å². The van der Waals surface area contributed by atoms with E-state index in [1.54, 1.807) is 24.3 Å². The van der Waals surface area contributed by atoms with Gasteiger partial charge in [-0.05, 0) is 30.3 Å². The quantitative estimate of drug-likeness (QED) is 0.850. The largest absolute Gasteiger partial charge is 0.495 e. The van der Waals surface area contributed by atoms with Crippen molar-refractivity contribution in [2.45, 2.75) is 0 Å². The Balaban J connectivity index is 1.95. The monoisotopic (exact) mass is 337 g/mol. The van der Waals surface area contributed by atoms with E-state index in [4.69, 9.17) is 21.1 Å². The molecule has 0 atom stereocenters. The lowest BCUT2D eigenvalue weighted by molar-refractivity contribution is -0.119. The predicted octanol–water partition coefficient (Wildman–Crippen LogP) is 3.28. The molecule has 0 aliphatic carbocycles. The van der Waals surface area contributed by atoms with Gasteiger partial charge in [-0.25, -0.2) is 9.18 Å². The second-order valence-electron chi connectivity index (χ2n) is 4.45. The van der Waals surface area contributed by atoms with Crippen LogP contribution in [0.4, 0.5) is 10.1 Å². The molecule has 0 aromatic heterocycles. The van der Waals surface area contributed by atoms with Gasteiger partial charge in [0, 0.05) is 0 Å². The van der Waals surface area contributed by atoms with Gasteiger partial charge in [-0.3, -0.25) is 4.79 Å². The van der Waals surface area contributed by atoms with E-state index >= 15 is 0 Å². The molecular formula is C16H13ClFNO4. The highest BCUT2D eigenvalue weighted by Gasteiger charge is 2.15. The van der Waals surface area contributed by atoms with Gasteiger partial charge in [0.2, 0.25) is 0 Å². The summed E-state index contributed by atoms with van der Waals surface area (Å²) in [4.78, 5) is 23.6. The number of carbonyl (C=O) groups excluding carboxylic acids is 2. The van der Waals surface area contributed by atoms with Gasteiger partial charge < -0.3 is 14.8 Å². The summed E-state index contributed by atoms with van der Waals surface area (Å²) in [6.07, 6.45) is 0. The summed E-state index contributed by atoms with van der Waals surface area (Å²) in [5.74, 6) is -1.44. The minimum Gasteiger partial charge on any atom is -0.495 e. The number of nitrogens with one attached hydrogen (secondary N) is 1. The molecule has 0 bridgehead atoms. The Morgan fingerprint density at radius 1 is 1.22 bits per heavy atom. The lowest BCUT2D eigenvalue weighted by Crippen LogP contribution is -2.21. The van der Waals surface area contributed by atoms with Crippen molar-refractivity contribution in [3.8, 4) is 5.75 Å². The highest BCUT2D eigenvalue weighted by atomic mass is 35.5. The van der Waals surface area contributed by atoms with Crippen LogP contribution in [0, 0.1) is 5.82 Å². The molecule has 2 aromatic carbocycles.